The Bertz CT molecular complexity index is 1720. The van der Waals surface area contributed by atoms with Crippen molar-refractivity contribution in [3.63, 3.8) is 0 Å². The maximum absolute atomic E-state index is 13.1. The SMILES string of the molecule is COc1cccc(NC(=O)c2cc(-c3ccc(/C=C4/C(=O)N(c5cccc(C(=O)O)c5)N=C4C)o3)ccc2Cl)c1. The number of ether oxygens (including phenoxy) is 1. The monoisotopic (exact) mass is 555 g/mol. The molecule has 4 aromatic rings. The summed E-state index contributed by atoms with van der Waals surface area (Å²) in [5.41, 5.74) is 2.56. The highest BCUT2D eigenvalue weighted by Crippen LogP contribution is 2.30. The minimum Gasteiger partial charge on any atom is -0.497 e. The van der Waals surface area contributed by atoms with Crippen LogP contribution < -0.4 is 15.1 Å². The van der Waals surface area contributed by atoms with E-state index in [9.17, 15) is 19.5 Å². The zero-order chi connectivity index (χ0) is 28.4. The van der Waals surface area contributed by atoms with Gasteiger partial charge in [-0.15, -0.1) is 0 Å². The molecule has 0 saturated carbocycles. The van der Waals surface area contributed by atoms with E-state index in [1.165, 1.54) is 12.1 Å². The molecule has 200 valence electrons. The van der Waals surface area contributed by atoms with Crippen molar-refractivity contribution in [3.05, 3.63) is 106 Å². The summed E-state index contributed by atoms with van der Waals surface area (Å²) < 4.78 is 11.2. The van der Waals surface area contributed by atoms with Gasteiger partial charge in [-0.05, 0) is 73.7 Å². The van der Waals surface area contributed by atoms with Crippen LogP contribution in [-0.4, -0.2) is 35.7 Å². The second-order valence-corrected chi connectivity index (χ2v) is 9.21. The fourth-order valence-corrected chi connectivity index (χ4v) is 4.31. The second-order valence-electron chi connectivity index (χ2n) is 8.80. The number of halogens is 1. The van der Waals surface area contributed by atoms with Gasteiger partial charge in [0.15, 0.2) is 0 Å². The molecule has 40 heavy (non-hydrogen) atoms. The van der Waals surface area contributed by atoms with Crippen LogP contribution >= 0.6 is 11.6 Å². The number of hydrogen-bond acceptors (Lipinski definition) is 6. The van der Waals surface area contributed by atoms with E-state index in [1.807, 2.05) is 0 Å². The smallest absolute Gasteiger partial charge is 0.335 e. The summed E-state index contributed by atoms with van der Waals surface area (Å²) >= 11 is 6.33. The first kappa shape index (κ1) is 26.5. The van der Waals surface area contributed by atoms with E-state index in [0.29, 0.717) is 45.5 Å². The third-order valence-electron chi connectivity index (χ3n) is 6.14. The second kappa shape index (κ2) is 10.9. The highest BCUT2D eigenvalue weighted by atomic mass is 35.5. The normalized spacial score (nSPS) is 13.9. The van der Waals surface area contributed by atoms with Crippen LogP contribution in [0.2, 0.25) is 5.02 Å². The van der Waals surface area contributed by atoms with Crippen molar-refractivity contribution < 1.29 is 28.6 Å². The molecule has 1 aliphatic heterocycles. The van der Waals surface area contributed by atoms with Crippen molar-refractivity contribution in [1.29, 1.82) is 0 Å². The van der Waals surface area contributed by atoms with Crippen molar-refractivity contribution in [3.8, 4) is 17.1 Å². The maximum atomic E-state index is 13.1. The molecule has 0 bridgehead atoms. The first-order chi connectivity index (χ1) is 19.2. The van der Waals surface area contributed by atoms with Gasteiger partial charge in [0, 0.05) is 17.3 Å². The molecule has 10 heteroatoms. The number of hydrazone groups is 1. The summed E-state index contributed by atoms with van der Waals surface area (Å²) in [6, 6.07) is 21.3. The lowest BCUT2D eigenvalue weighted by Crippen LogP contribution is -2.21. The molecule has 0 spiro atoms. The Morgan fingerprint density at radius 2 is 1.85 bits per heavy atom. The van der Waals surface area contributed by atoms with Gasteiger partial charge >= 0.3 is 5.97 Å². The lowest BCUT2D eigenvalue weighted by Gasteiger charge is -2.12. The van der Waals surface area contributed by atoms with Crippen LogP contribution in [0.4, 0.5) is 11.4 Å². The van der Waals surface area contributed by atoms with Gasteiger partial charge in [0.1, 0.15) is 17.3 Å². The highest BCUT2D eigenvalue weighted by Gasteiger charge is 2.29. The number of anilines is 2. The number of carbonyl (C=O) groups is 3. The van der Waals surface area contributed by atoms with Gasteiger partial charge in [-0.1, -0.05) is 23.7 Å². The minimum absolute atomic E-state index is 0.0470. The van der Waals surface area contributed by atoms with E-state index in [0.717, 1.165) is 5.01 Å². The summed E-state index contributed by atoms with van der Waals surface area (Å²) in [7, 11) is 1.54. The van der Waals surface area contributed by atoms with Crippen LogP contribution in [0.15, 0.2) is 94.0 Å². The summed E-state index contributed by atoms with van der Waals surface area (Å²) in [6.45, 7) is 1.68. The van der Waals surface area contributed by atoms with E-state index in [2.05, 4.69) is 10.4 Å². The molecule has 1 aromatic heterocycles. The predicted molar refractivity (Wildman–Crippen MR) is 152 cm³/mol. The molecule has 2 heterocycles. The zero-order valence-electron chi connectivity index (χ0n) is 21.3. The van der Waals surface area contributed by atoms with Crippen molar-refractivity contribution in [2.24, 2.45) is 5.10 Å². The molecule has 9 nitrogen and oxygen atoms in total. The average Bonchev–Trinajstić information content (AvgIpc) is 3.53. The molecule has 0 atom stereocenters. The fourth-order valence-electron chi connectivity index (χ4n) is 4.11. The van der Waals surface area contributed by atoms with E-state index >= 15 is 0 Å². The van der Waals surface area contributed by atoms with E-state index < -0.39 is 17.8 Å². The molecule has 3 aromatic carbocycles. The molecule has 2 N–H and O–H groups in total. The van der Waals surface area contributed by atoms with E-state index in [1.54, 1.807) is 86.8 Å². The number of furan rings is 1. The van der Waals surface area contributed by atoms with Crippen LogP contribution in [0.3, 0.4) is 0 Å². The van der Waals surface area contributed by atoms with Crippen molar-refractivity contribution >= 4 is 52.5 Å². The Kier molecular flexibility index (Phi) is 7.22. The zero-order valence-corrected chi connectivity index (χ0v) is 22.1. The Morgan fingerprint density at radius 1 is 1.05 bits per heavy atom. The van der Waals surface area contributed by atoms with Crippen LogP contribution in [0.5, 0.6) is 5.75 Å². The quantitative estimate of drug-likeness (QED) is 0.256. The highest BCUT2D eigenvalue weighted by molar-refractivity contribution is 6.34. The maximum Gasteiger partial charge on any atom is 0.335 e. The Balaban J connectivity index is 1.37. The lowest BCUT2D eigenvalue weighted by molar-refractivity contribution is -0.114. The number of carbonyl (C=O) groups excluding carboxylic acids is 2. The molecule has 0 radical (unpaired) electrons. The number of carboxylic acids is 1. The van der Waals surface area contributed by atoms with E-state index in [4.69, 9.17) is 20.8 Å². The van der Waals surface area contributed by atoms with Gasteiger partial charge < -0.3 is 19.6 Å². The summed E-state index contributed by atoms with van der Waals surface area (Å²) in [6.07, 6.45) is 1.57. The van der Waals surface area contributed by atoms with E-state index in [-0.39, 0.29) is 16.1 Å². The first-order valence-electron chi connectivity index (χ1n) is 12.0. The van der Waals surface area contributed by atoms with Crippen molar-refractivity contribution in [1.82, 2.24) is 0 Å². The minimum atomic E-state index is -1.10. The largest absolute Gasteiger partial charge is 0.497 e. The molecule has 1 aliphatic rings. The predicted octanol–water partition coefficient (Wildman–Crippen LogP) is 6.37. The molecule has 0 unspecified atom stereocenters. The van der Waals surface area contributed by atoms with Crippen LogP contribution in [-0.2, 0) is 4.79 Å². The Labute approximate surface area is 233 Å². The number of amides is 2. The van der Waals surface area contributed by atoms with Gasteiger partial charge in [-0.3, -0.25) is 9.59 Å². The number of methoxy groups -OCH3 is 1. The topological polar surface area (TPSA) is 121 Å². The summed E-state index contributed by atoms with van der Waals surface area (Å²) in [5, 5.41) is 17.8. The van der Waals surface area contributed by atoms with Gasteiger partial charge in [0.2, 0.25) is 0 Å². The Morgan fingerprint density at radius 3 is 2.62 bits per heavy atom. The Hall–Kier alpha value is -5.15. The molecule has 2 amide bonds. The number of rotatable bonds is 7. The summed E-state index contributed by atoms with van der Waals surface area (Å²) in [5.74, 6) is -0.453. The first-order valence-corrected chi connectivity index (χ1v) is 12.4. The molecular weight excluding hydrogens is 534 g/mol. The van der Waals surface area contributed by atoms with Gasteiger partial charge in [0.25, 0.3) is 11.8 Å². The number of nitrogens with one attached hydrogen (secondary N) is 1. The molecule has 5 rings (SSSR count). The molecule has 0 saturated heterocycles. The fraction of sp³-hybridized carbons (Fsp3) is 0.0667. The van der Waals surface area contributed by atoms with Crippen LogP contribution in [0.1, 0.15) is 33.4 Å². The number of aromatic carboxylic acids is 1. The van der Waals surface area contributed by atoms with Crippen molar-refractivity contribution in [2.45, 2.75) is 6.92 Å². The number of nitrogens with zero attached hydrogens (tertiary/aromatic N) is 2. The average molecular weight is 556 g/mol. The van der Waals surface area contributed by atoms with Gasteiger partial charge in [-0.2, -0.15) is 10.1 Å². The van der Waals surface area contributed by atoms with Gasteiger partial charge in [0.05, 0.1) is 40.2 Å². The van der Waals surface area contributed by atoms with Crippen LogP contribution in [0.25, 0.3) is 17.4 Å². The van der Waals surface area contributed by atoms with Crippen LogP contribution in [0, 0.1) is 0 Å². The lowest BCUT2D eigenvalue weighted by atomic mass is 10.1. The van der Waals surface area contributed by atoms with Gasteiger partial charge in [-0.25, -0.2) is 4.79 Å². The molecule has 0 aliphatic carbocycles. The number of carboxylic acid groups (broad SMARTS) is 1. The third-order valence-corrected chi connectivity index (χ3v) is 6.47. The third kappa shape index (κ3) is 5.36. The molecular formula is C30H22ClN3O6. The summed E-state index contributed by atoms with van der Waals surface area (Å²) in [4.78, 5) is 37.4. The number of benzene rings is 3. The molecule has 0 fully saturated rings. The number of hydrogen-bond donors (Lipinski definition) is 2. The standard InChI is InChI=1S/C30H22ClN3O6/c1-17-24(29(36)34(33-17)21-7-3-5-19(13-21)30(37)38)16-23-10-12-27(40-23)18-9-11-26(31)25(14-18)28(35)32-20-6-4-8-22(15-20)39-2/h3-16H,1-2H3,(H,32,35)(H,37,38)/b24-16+. The van der Waals surface area contributed by atoms with Crippen molar-refractivity contribution in [2.75, 3.05) is 17.4 Å².